The summed E-state index contributed by atoms with van der Waals surface area (Å²) in [5.41, 5.74) is 6.00. The van der Waals surface area contributed by atoms with Gasteiger partial charge in [0.25, 0.3) is 0 Å². The number of aromatic carboxylic acids is 1. The van der Waals surface area contributed by atoms with Crippen LogP contribution in [0, 0.1) is 6.92 Å². The van der Waals surface area contributed by atoms with Gasteiger partial charge in [0.05, 0.1) is 11.1 Å². The third-order valence-electron chi connectivity index (χ3n) is 5.97. The highest BCUT2D eigenvalue weighted by atomic mass is 16.5. The molecular weight excluding hydrogens is 418 g/mol. The van der Waals surface area contributed by atoms with E-state index in [1.807, 2.05) is 43.3 Å². The highest BCUT2D eigenvalue weighted by Gasteiger charge is 2.24. The normalized spacial score (nSPS) is 12.6. The van der Waals surface area contributed by atoms with Crippen molar-refractivity contribution in [1.82, 2.24) is 5.16 Å². The lowest BCUT2D eigenvalue weighted by Gasteiger charge is -2.14. The van der Waals surface area contributed by atoms with Crippen molar-refractivity contribution in [2.45, 2.75) is 26.4 Å². The molecule has 0 saturated heterocycles. The average molecular weight is 439 g/mol. The van der Waals surface area contributed by atoms with E-state index in [4.69, 9.17) is 9.26 Å². The second kappa shape index (κ2) is 8.39. The van der Waals surface area contributed by atoms with Crippen LogP contribution in [0.25, 0.3) is 22.4 Å². The topological polar surface area (TPSA) is 89.6 Å². The second-order valence-corrected chi connectivity index (χ2v) is 8.03. The van der Waals surface area contributed by atoms with E-state index in [-0.39, 0.29) is 18.0 Å². The lowest BCUT2D eigenvalue weighted by Crippen LogP contribution is -2.02. The second-order valence-electron chi connectivity index (χ2n) is 8.03. The fraction of sp³-hybridized carbons (Fsp3) is 0.148. The van der Waals surface area contributed by atoms with E-state index in [2.05, 4.69) is 5.16 Å². The number of hydrogen-bond donors (Lipinski definition) is 1. The number of carboxylic acid groups (broad SMARTS) is 1. The quantitative estimate of drug-likeness (QED) is 0.413. The molecule has 0 atom stereocenters. The molecule has 1 N–H and O–H groups in total. The van der Waals surface area contributed by atoms with E-state index < -0.39 is 5.97 Å². The summed E-state index contributed by atoms with van der Waals surface area (Å²) in [4.78, 5) is 23.6. The molecule has 0 unspecified atom stereocenters. The standard InChI is InChI=1S/C27H21NO5/c1-16-23(26(28-33-16)18-5-3-2-4-6-18)15-32-25-14-21-20(11-12-24(21)29)13-22(25)17-7-9-19(10-8-17)27(30)31/h2-10,13-14H,11-12,15H2,1H3,(H,30,31). The number of Topliss-reactive ketones (excluding diaryl/α,β-unsaturated/α-hetero) is 1. The molecule has 0 radical (unpaired) electrons. The largest absolute Gasteiger partial charge is 0.488 e. The molecule has 0 spiro atoms. The molecule has 6 nitrogen and oxygen atoms in total. The Balaban J connectivity index is 1.52. The minimum Gasteiger partial charge on any atom is -0.488 e. The fourth-order valence-electron chi connectivity index (χ4n) is 4.15. The van der Waals surface area contributed by atoms with E-state index in [1.165, 1.54) is 0 Å². The van der Waals surface area contributed by atoms with E-state index in [9.17, 15) is 14.7 Å². The summed E-state index contributed by atoms with van der Waals surface area (Å²) in [7, 11) is 0. The predicted molar refractivity (Wildman–Crippen MR) is 122 cm³/mol. The minimum atomic E-state index is -0.978. The van der Waals surface area contributed by atoms with Crippen LogP contribution < -0.4 is 4.74 Å². The smallest absolute Gasteiger partial charge is 0.335 e. The monoisotopic (exact) mass is 439 g/mol. The molecule has 0 aliphatic heterocycles. The Labute approximate surface area is 190 Å². The Hall–Kier alpha value is -4.19. The van der Waals surface area contributed by atoms with Crippen molar-refractivity contribution in [3.63, 3.8) is 0 Å². The van der Waals surface area contributed by atoms with Crippen molar-refractivity contribution in [2.75, 3.05) is 0 Å². The summed E-state index contributed by atoms with van der Waals surface area (Å²) in [6.07, 6.45) is 1.18. The van der Waals surface area contributed by atoms with Crippen molar-refractivity contribution in [3.05, 3.63) is 94.7 Å². The number of hydrogen-bond acceptors (Lipinski definition) is 5. The molecule has 6 heteroatoms. The average Bonchev–Trinajstić information content (AvgIpc) is 3.39. The summed E-state index contributed by atoms with van der Waals surface area (Å²) in [6.45, 7) is 2.06. The van der Waals surface area contributed by atoms with Gasteiger partial charge in [-0.25, -0.2) is 4.79 Å². The van der Waals surface area contributed by atoms with Gasteiger partial charge in [-0.1, -0.05) is 47.6 Å². The van der Waals surface area contributed by atoms with E-state index in [1.54, 1.807) is 30.3 Å². The third-order valence-corrected chi connectivity index (χ3v) is 5.97. The molecular formula is C27H21NO5. The Kier molecular flexibility index (Phi) is 5.26. The van der Waals surface area contributed by atoms with Crippen LogP contribution in [0.5, 0.6) is 5.75 Å². The number of carbonyl (C=O) groups is 2. The van der Waals surface area contributed by atoms with Crippen molar-refractivity contribution in [1.29, 1.82) is 0 Å². The Morgan fingerprint density at radius 1 is 1.00 bits per heavy atom. The van der Waals surface area contributed by atoms with Crippen LogP contribution in [0.3, 0.4) is 0 Å². The number of aromatic nitrogens is 1. The van der Waals surface area contributed by atoms with Crippen LogP contribution in [-0.4, -0.2) is 22.0 Å². The Bertz CT molecular complexity index is 1350. The first-order valence-electron chi connectivity index (χ1n) is 10.7. The first-order chi connectivity index (χ1) is 16.0. The van der Waals surface area contributed by atoms with Gasteiger partial charge >= 0.3 is 5.97 Å². The first-order valence-corrected chi connectivity index (χ1v) is 10.7. The SMILES string of the molecule is Cc1onc(-c2ccccc2)c1COc1cc2c(cc1-c1ccc(C(=O)O)cc1)CCC2=O. The van der Waals surface area contributed by atoms with Crippen molar-refractivity contribution in [2.24, 2.45) is 0 Å². The van der Waals surface area contributed by atoms with Gasteiger partial charge in [0.1, 0.15) is 23.8 Å². The molecule has 164 valence electrons. The lowest BCUT2D eigenvalue weighted by molar-refractivity contribution is 0.0696. The van der Waals surface area contributed by atoms with E-state index >= 15 is 0 Å². The van der Waals surface area contributed by atoms with Crippen molar-refractivity contribution >= 4 is 11.8 Å². The van der Waals surface area contributed by atoms with Gasteiger partial charge in [0.15, 0.2) is 5.78 Å². The van der Waals surface area contributed by atoms with Crippen LogP contribution in [0.15, 0.2) is 71.3 Å². The molecule has 1 aliphatic rings. The van der Waals surface area contributed by atoms with Gasteiger partial charge in [0.2, 0.25) is 0 Å². The van der Waals surface area contributed by atoms with Crippen LogP contribution in [0.1, 0.15) is 44.0 Å². The Morgan fingerprint density at radius 3 is 2.48 bits per heavy atom. The van der Waals surface area contributed by atoms with Crippen LogP contribution in [-0.2, 0) is 13.0 Å². The predicted octanol–water partition coefficient (Wildman–Crippen LogP) is 5.72. The highest BCUT2D eigenvalue weighted by Crippen LogP contribution is 2.37. The number of nitrogens with zero attached hydrogens (tertiary/aromatic N) is 1. The van der Waals surface area contributed by atoms with Gasteiger partial charge < -0.3 is 14.4 Å². The Morgan fingerprint density at radius 2 is 1.76 bits per heavy atom. The van der Waals surface area contributed by atoms with E-state index in [0.717, 1.165) is 33.5 Å². The third kappa shape index (κ3) is 3.91. The van der Waals surface area contributed by atoms with Crippen molar-refractivity contribution in [3.8, 4) is 28.1 Å². The molecule has 1 aromatic heterocycles. The lowest BCUT2D eigenvalue weighted by atomic mass is 9.98. The molecule has 0 bridgehead atoms. The molecule has 3 aromatic carbocycles. The molecule has 33 heavy (non-hydrogen) atoms. The van der Waals surface area contributed by atoms with Crippen LogP contribution in [0.2, 0.25) is 0 Å². The maximum absolute atomic E-state index is 12.4. The number of ketones is 1. The molecule has 1 aliphatic carbocycles. The maximum atomic E-state index is 12.4. The summed E-state index contributed by atoms with van der Waals surface area (Å²) < 4.78 is 11.7. The minimum absolute atomic E-state index is 0.105. The highest BCUT2D eigenvalue weighted by molar-refractivity contribution is 6.01. The number of carbonyl (C=O) groups excluding carboxylic acids is 1. The zero-order valence-electron chi connectivity index (χ0n) is 18.0. The number of rotatable bonds is 6. The van der Waals surface area contributed by atoms with E-state index in [0.29, 0.717) is 29.9 Å². The number of ether oxygens (including phenoxy) is 1. The van der Waals surface area contributed by atoms with Gasteiger partial charge in [-0.05, 0) is 48.7 Å². The van der Waals surface area contributed by atoms with Crippen molar-refractivity contribution < 1.29 is 24.0 Å². The summed E-state index contributed by atoms with van der Waals surface area (Å²) in [5, 5.41) is 13.4. The summed E-state index contributed by atoms with van der Waals surface area (Å²) in [5.74, 6) is 0.354. The maximum Gasteiger partial charge on any atom is 0.335 e. The summed E-state index contributed by atoms with van der Waals surface area (Å²) >= 11 is 0. The molecule has 5 rings (SSSR count). The molecule has 0 amide bonds. The number of carboxylic acids is 1. The zero-order chi connectivity index (χ0) is 22.9. The molecule has 0 fully saturated rings. The van der Waals surface area contributed by atoms with Gasteiger partial charge in [0, 0.05) is 23.1 Å². The van der Waals surface area contributed by atoms with Gasteiger partial charge in [-0.2, -0.15) is 0 Å². The van der Waals surface area contributed by atoms with Gasteiger partial charge in [-0.3, -0.25) is 4.79 Å². The van der Waals surface area contributed by atoms with Crippen LogP contribution >= 0.6 is 0 Å². The molecule has 1 heterocycles. The number of benzene rings is 3. The number of aryl methyl sites for hydroxylation is 2. The van der Waals surface area contributed by atoms with Crippen LogP contribution in [0.4, 0.5) is 0 Å². The fourth-order valence-corrected chi connectivity index (χ4v) is 4.15. The number of fused-ring (bicyclic) bond motifs is 1. The first kappa shape index (κ1) is 20.7. The molecule has 0 saturated carbocycles. The summed E-state index contributed by atoms with van der Waals surface area (Å²) in [6, 6.07) is 20.2. The van der Waals surface area contributed by atoms with Gasteiger partial charge in [-0.15, -0.1) is 0 Å². The molecule has 4 aromatic rings. The zero-order valence-corrected chi connectivity index (χ0v) is 18.0.